The van der Waals surface area contributed by atoms with E-state index in [1.54, 1.807) is 4.90 Å². The molecule has 1 aromatic heterocycles. The van der Waals surface area contributed by atoms with Crippen LogP contribution in [0.15, 0.2) is 36.7 Å². The number of nitrogen functional groups attached to an aromatic ring is 1. The van der Waals surface area contributed by atoms with Crippen LogP contribution in [0.5, 0.6) is 0 Å². The van der Waals surface area contributed by atoms with Crippen LogP contribution < -0.4 is 16.2 Å². The van der Waals surface area contributed by atoms with E-state index in [9.17, 15) is 4.79 Å². The number of benzene rings is 1. The van der Waals surface area contributed by atoms with Gasteiger partial charge in [0.15, 0.2) is 5.82 Å². The van der Waals surface area contributed by atoms with Gasteiger partial charge in [0.25, 0.3) is 5.91 Å². The fraction of sp³-hybridized carbons (Fsp3) is 0.267. The molecule has 0 unspecified atom stereocenters. The predicted octanol–water partition coefficient (Wildman–Crippen LogP) is 1.75. The predicted molar refractivity (Wildman–Crippen MR) is 80.9 cm³/mol. The number of aryl methyl sites for hydroxylation is 1. The van der Waals surface area contributed by atoms with Crippen molar-refractivity contribution in [2.75, 3.05) is 16.9 Å². The van der Waals surface area contributed by atoms with Gasteiger partial charge in [-0.15, -0.1) is 0 Å². The second-order valence-corrected chi connectivity index (χ2v) is 4.98. The number of anilines is 2. The van der Waals surface area contributed by atoms with Crippen LogP contribution in [0, 0.1) is 0 Å². The standard InChI is InChI=1S/C15H17N5O/c16-19-14-10-17-9-12(18-14)15(21)20-8-4-3-6-11-5-1-2-7-13(11)20/h1-2,5,7,9-10H,3-4,6,8,16H2,(H,18,19). The number of hydrazine groups is 1. The van der Waals surface area contributed by atoms with Gasteiger partial charge in [-0.2, -0.15) is 0 Å². The average Bonchev–Trinajstić information content (AvgIpc) is 2.76. The number of hydrogen-bond acceptors (Lipinski definition) is 5. The molecule has 3 rings (SSSR count). The number of rotatable bonds is 2. The maximum Gasteiger partial charge on any atom is 0.278 e. The topological polar surface area (TPSA) is 84.1 Å². The number of hydrogen-bond donors (Lipinski definition) is 2. The van der Waals surface area contributed by atoms with Gasteiger partial charge in [-0.3, -0.25) is 9.78 Å². The minimum Gasteiger partial charge on any atom is -0.307 e. The summed E-state index contributed by atoms with van der Waals surface area (Å²) in [5.74, 6) is 5.56. The molecule has 108 valence electrons. The van der Waals surface area contributed by atoms with Crippen molar-refractivity contribution in [3.63, 3.8) is 0 Å². The molecular weight excluding hydrogens is 266 g/mol. The molecule has 0 bridgehead atoms. The van der Waals surface area contributed by atoms with Crippen LogP contribution in [0.2, 0.25) is 0 Å². The zero-order valence-electron chi connectivity index (χ0n) is 11.6. The molecule has 6 nitrogen and oxygen atoms in total. The van der Waals surface area contributed by atoms with Gasteiger partial charge in [0.05, 0.1) is 12.4 Å². The van der Waals surface area contributed by atoms with Gasteiger partial charge in [-0.1, -0.05) is 18.2 Å². The van der Waals surface area contributed by atoms with Crippen LogP contribution in [-0.4, -0.2) is 22.4 Å². The van der Waals surface area contributed by atoms with Gasteiger partial charge >= 0.3 is 0 Å². The molecule has 1 aliphatic heterocycles. The maximum absolute atomic E-state index is 12.7. The Bertz CT molecular complexity index is 658. The number of aromatic nitrogens is 2. The van der Waals surface area contributed by atoms with Gasteiger partial charge in [-0.25, -0.2) is 10.8 Å². The lowest BCUT2D eigenvalue weighted by Crippen LogP contribution is -2.32. The number of carbonyl (C=O) groups excluding carboxylic acids is 1. The summed E-state index contributed by atoms with van der Waals surface area (Å²) in [5, 5.41) is 0. The van der Waals surface area contributed by atoms with Crippen molar-refractivity contribution in [3.05, 3.63) is 47.9 Å². The first kappa shape index (κ1) is 13.5. The highest BCUT2D eigenvalue weighted by Gasteiger charge is 2.23. The number of nitrogens with one attached hydrogen (secondary N) is 1. The second-order valence-electron chi connectivity index (χ2n) is 4.98. The Kier molecular flexibility index (Phi) is 3.79. The fourth-order valence-electron chi connectivity index (χ4n) is 2.58. The first-order valence-corrected chi connectivity index (χ1v) is 6.98. The van der Waals surface area contributed by atoms with Crippen LogP contribution in [0.1, 0.15) is 28.9 Å². The second kappa shape index (κ2) is 5.88. The largest absolute Gasteiger partial charge is 0.307 e. The summed E-state index contributed by atoms with van der Waals surface area (Å²) < 4.78 is 0. The molecule has 0 atom stereocenters. The molecule has 6 heteroatoms. The average molecular weight is 283 g/mol. The third-order valence-corrected chi connectivity index (χ3v) is 3.61. The number of nitrogens with two attached hydrogens (primary N) is 1. The number of fused-ring (bicyclic) bond motifs is 1. The van der Waals surface area contributed by atoms with Crippen molar-refractivity contribution in [3.8, 4) is 0 Å². The fourth-order valence-corrected chi connectivity index (χ4v) is 2.58. The van der Waals surface area contributed by atoms with E-state index in [4.69, 9.17) is 5.84 Å². The molecule has 3 N–H and O–H groups in total. The summed E-state index contributed by atoms with van der Waals surface area (Å²) in [5.41, 5.74) is 4.87. The Morgan fingerprint density at radius 3 is 2.95 bits per heavy atom. The van der Waals surface area contributed by atoms with Crippen molar-refractivity contribution in [2.24, 2.45) is 5.84 Å². The maximum atomic E-state index is 12.7. The number of para-hydroxylation sites is 1. The third kappa shape index (κ3) is 2.71. The van der Waals surface area contributed by atoms with E-state index in [0.29, 0.717) is 18.1 Å². The first-order chi connectivity index (χ1) is 10.3. The zero-order valence-corrected chi connectivity index (χ0v) is 11.6. The highest BCUT2D eigenvalue weighted by molar-refractivity contribution is 6.05. The summed E-state index contributed by atoms with van der Waals surface area (Å²) in [7, 11) is 0. The Morgan fingerprint density at radius 2 is 2.10 bits per heavy atom. The van der Waals surface area contributed by atoms with E-state index in [1.807, 2.05) is 18.2 Å². The Hall–Kier alpha value is -2.47. The number of amides is 1. The number of carbonyl (C=O) groups is 1. The molecule has 2 aromatic rings. The highest BCUT2D eigenvalue weighted by atomic mass is 16.2. The van der Waals surface area contributed by atoms with Crippen molar-refractivity contribution in [1.29, 1.82) is 0 Å². The quantitative estimate of drug-likeness (QED) is 0.648. The zero-order chi connectivity index (χ0) is 14.7. The lowest BCUT2D eigenvalue weighted by Gasteiger charge is -2.22. The van der Waals surface area contributed by atoms with Crippen LogP contribution in [0.25, 0.3) is 0 Å². The minimum absolute atomic E-state index is 0.144. The Balaban J connectivity index is 1.97. The van der Waals surface area contributed by atoms with E-state index < -0.39 is 0 Å². The van der Waals surface area contributed by atoms with E-state index >= 15 is 0 Å². The van der Waals surface area contributed by atoms with Gasteiger partial charge in [0, 0.05) is 12.2 Å². The van der Waals surface area contributed by atoms with Crippen LogP contribution in [0.3, 0.4) is 0 Å². The normalized spacial score (nSPS) is 14.2. The molecule has 0 fully saturated rings. The molecule has 0 saturated carbocycles. The van der Waals surface area contributed by atoms with Crippen molar-refractivity contribution in [1.82, 2.24) is 9.97 Å². The van der Waals surface area contributed by atoms with E-state index in [2.05, 4.69) is 21.5 Å². The molecule has 1 amide bonds. The molecular formula is C15H17N5O. The van der Waals surface area contributed by atoms with Crippen LogP contribution >= 0.6 is 0 Å². The van der Waals surface area contributed by atoms with Crippen molar-refractivity contribution < 1.29 is 4.79 Å². The summed E-state index contributed by atoms with van der Waals surface area (Å²) in [4.78, 5) is 22.7. The first-order valence-electron chi connectivity index (χ1n) is 6.98. The summed E-state index contributed by atoms with van der Waals surface area (Å²) in [6.45, 7) is 0.692. The molecule has 1 aliphatic rings. The molecule has 0 aliphatic carbocycles. The molecule has 2 heterocycles. The molecule has 21 heavy (non-hydrogen) atoms. The van der Waals surface area contributed by atoms with E-state index in [-0.39, 0.29) is 5.91 Å². The molecule has 0 saturated heterocycles. The summed E-state index contributed by atoms with van der Waals surface area (Å²) in [6.07, 6.45) is 6.00. The van der Waals surface area contributed by atoms with E-state index in [1.165, 1.54) is 18.0 Å². The van der Waals surface area contributed by atoms with Gasteiger partial charge < -0.3 is 10.3 Å². The number of nitrogens with zero attached hydrogens (tertiary/aromatic N) is 3. The SMILES string of the molecule is NNc1cncc(C(=O)N2CCCCc3ccccc32)n1. The monoisotopic (exact) mass is 283 g/mol. The van der Waals surface area contributed by atoms with E-state index in [0.717, 1.165) is 24.9 Å². The third-order valence-electron chi connectivity index (χ3n) is 3.61. The smallest absolute Gasteiger partial charge is 0.278 e. The van der Waals surface area contributed by atoms with Gasteiger partial charge in [0.1, 0.15) is 5.69 Å². The highest BCUT2D eigenvalue weighted by Crippen LogP contribution is 2.27. The van der Waals surface area contributed by atoms with Crippen molar-refractivity contribution >= 4 is 17.4 Å². The van der Waals surface area contributed by atoms with Gasteiger partial charge in [-0.05, 0) is 30.9 Å². The van der Waals surface area contributed by atoms with Gasteiger partial charge in [0.2, 0.25) is 0 Å². The molecule has 1 aromatic carbocycles. The van der Waals surface area contributed by atoms with Crippen LogP contribution in [-0.2, 0) is 6.42 Å². The summed E-state index contributed by atoms with van der Waals surface area (Å²) in [6, 6.07) is 8.01. The molecule has 0 radical (unpaired) electrons. The van der Waals surface area contributed by atoms with Crippen molar-refractivity contribution in [2.45, 2.75) is 19.3 Å². The lowest BCUT2D eigenvalue weighted by atomic mass is 10.1. The lowest BCUT2D eigenvalue weighted by molar-refractivity contribution is 0.0982. The molecule has 0 spiro atoms. The Labute approximate surface area is 123 Å². The Morgan fingerprint density at radius 1 is 1.24 bits per heavy atom. The minimum atomic E-state index is -0.144. The summed E-state index contributed by atoms with van der Waals surface area (Å²) >= 11 is 0. The van der Waals surface area contributed by atoms with Crippen LogP contribution in [0.4, 0.5) is 11.5 Å².